The van der Waals surface area contributed by atoms with E-state index in [2.05, 4.69) is 38.7 Å². The lowest BCUT2D eigenvalue weighted by Crippen LogP contribution is -2.27. The second-order valence-corrected chi connectivity index (χ2v) is 8.01. The summed E-state index contributed by atoms with van der Waals surface area (Å²) in [5, 5.41) is 3.02. The molecule has 0 aliphatic rings. The minimum absolute atomic E-state index is 0.439. The Bertz CT molecular complexity index is 830. The minimum Gasteiger partial charge on any atom is -0.300 e. The molecule has 0 unspecified atom stereocenters. The van der Waals surface area contributed by atoms with E-state index in [4.69, 9.17) is 0 Å². The van der Waals surface area contributed by atoms with Gasteiger partial charge in [-0.25, -0.2) is 9.17 Å². The van der Waals surface area contributed by atoms with Crippen LogP contribution in [0.15, 0.2) is 24.3 Å². The van der Waals surface area contributed by atoms with Gasteiger partial charge in [-0.3, -0.25) is 10.1 Å². The van der Waals surface area contributed by atoms with Crippen molar-refractivity contribution < 1.29 is 17.4 Å². The van der Waals surface area contributed by atoms with Gasteiger partial charge in [0.15, 0.2) is 5.13 Å². The highest BCUT2D eigenvalue weighted by atomic mass is 32.2. The SMILES string of the molecule is CCc1nc(NC(=O)COS(=O)(=O)NC)sc1Cc1ccc(C)cc1. The van der Waals surface area contributed by atoms with Gasteiger partial charge in [0.25, 0.3) is 5.91 Å². The van der Waals surface area contributed by atoms with Gasteiger partial charge in [-0.2, -0.15) is 13.1 Å². The van der Waals surface area contributed by atoms with E-state index in [9.17, 15) is 13.2 Å². The van der Waals surface area contributed by atoms with Crippen molar-refractivity contribution in [1.29, 1.82) is 0 Å². The van der Waals surface area contributed by atoms with E-state index in [1.807, 2.05) is 18.6 Å². The van der Waals surface area contributed by atoms with Crippen LogP contribution in [0.4, 0.5) is 5.13 Å². The molecular formula is C16H21N3O4S2. The largest absolute Gasteiger partial charge is 0.336 e. The Hall–Kier alpha value is -1.81. The number of nitrogens with zero attached hydrogens (tertiary/aromatic N) is 1. The standard InChI is InChI=1S/C16H21N3O4S2/c1-4-13-14(9-12-7-5-11(2)6-8-12)24-16(18-13)19-15(20)10-23-25(21,22)17-3/h5-8,17H,4,9-10H2,1-3H3,(H,18,19,20). The number of carbonyl (C=O) groups excluding carboxylic acids is 1. The number of amides is 1. The molecule has 1 aromatic heterocycles. The molecule has 0 bridgehead atoms. The van der Waals surface area contributed by atoms with Gasteiger partial charge in [0, 0.05) is 18.3 Å². The van der Waals surface area contributed by atoms with Gasteiger partial charge in [-0.1, -0.05) is 36.8 Å². The van der Waals surface area contributed by atoms with E-state index in [0.717, 1.165) is 23.4 Å². The summed E-state index contributed by atoms with van der Waals surface area (Å²) in [7, 11) is -2.68. The summed E-state index contributed by atoms with van der Waals surface area (Å²) in [6.07, 6.45) is 1.49. The molecule has 25 heavy (non-hydrogen) atoms. The van der Waals surface area contributed by atoms with Gasteiger partial charge in [-0.15, -0.1) is 11.3 Å². The quantitative estimate of drug-likeness (QED) is 0.727. The van der Waals surface area contributed by atoms with E-state index in [-0.39, 0.29) is 0 Å². The van der Waals surface area contributed by atoms with Crippen LogP contribution in [0.2, 0.25) is 0 Å². The summed E-state index contributed by atoms with van der Waals surface area (Å²) in [5.41, 5.74) is 3.29. The van der Waals surface area contributed by atoms with E-state index in [0.29, 0.717) is 5.13 Å². The predicted molar refractivity (Wildman–Crippen MR) is 98.0 cm³/mol. The average Bonchev–Trinajstić information content (AvgIpc) is 2.96. The van der Waals surface area contributed by atoms with Crippen LogP contribution in [0, 0.1) is 6.92 Å². The lowest BCUT2D eigenvalue weighted by molar-refractivity contribution is -0.118. The normalized spacial score (nSPS) is 11.5. The second kappa shape index (κ2) is 8.52. The molecule has 1 amide bonds. The number of thiazole rings is 1. The summed E-state index contributed by atoms with van der Waals surface area (Å²) < 4.78 is 28.8. The van der Waals surface area contributed by atoms with Crippen LogP contribution >= 0.6 is 11.3 Å². The third kappa shape index (κ3) is 5.89. The highest BCUT2D eigenvalue weighted by Gasteiger charge is 2.15. The second-order valence-electron chi connectivity index (χ2n) is 5.37. The molecule has 0 spiro atoms. The maximum absolute atomic E-state index is 11.8. The van der Waals surface area contributed by atoms with E-state index in [1.54, 1.807) is 0 Å². The number of aromatic nitrogens is 1. The van der Waals surface area contributed by atoms with Crippen molar-refractivity contribution in [2.45, 2.75) is 26.7 Å². The Morgan fingerprint density at radius 3 is 2.56 bits per heavy atom. The Morgan fingerprint density at radius 1 is 1.28 bits per heavy atom. The van der Waals surface area contributed by atoms with Crippen LogP contribution in [0.1, 0.15) is 28.6 Å². The molecule has 136 valence electrons. The molecule has 0 saturated heterocycles. The van der Waals surface area contributed by atoms with Crippen molar-refractivity contribution in [2.75, 3.05) is 19.0 Å². The smallest absolute Gasteiger partial charge is 0.300 e. The van der Waals surface area contributed by atoms with Crippen LogP contribution in [-0.4, -0.2) is 33.0 Å². The molecule has 0 atom stereocenters. The van der Waals surface area contributed by atoms with Crippen molar-refractivity contribution in [3.63, 3.8) is 0 Å². The number of rotatable bonds is 8. The zero-order chi connectivity index (χ0) is 18.4. The van der Waals surface area contributed by atoms with Crippen molar-refractivity contribution >= 4 is 32.7 Å². The van der Waals surface area contributed by atoms with Gasteiger partial charge < -0.3 is 0 Å². The lowest BCUT2D eigenvalue weighted by Gasteiger charge is -2.03. The van der Waals surface area contributed by atoms with Crippen LogP contribution in [-0.2, 0) is 32.1 Å². The Labute approximate surface area is 151 Å². The number of benzene rings is 1. The van der Waals surface area contributed by atoms with Gasteiger partial charge in [0.1, 0.15) is 6.61 Å². The fourth-order valence-electron chi connectivity index (χ4n) is 2.09. The Balaban J connectivity index is 2.04. The topological polar surface area (TPSA) is 97.4 Å². The van der Waals surface area contributed by atoms with Crippen LogP contribution in [0.25, 0.3) is 0 Å². The lowest BCUT2D eigenvalue weighted by atomic mass is 10.1. The average molecular weight is 383 g/mol. The zero-order valence-electron chi connectivity index (χ0n) is 14.3. The molecule has 0 fully saturated rings. The van der Waals surface area contributed by atoms with Gasteiger partial charge in [-0.05, 0) is 18.9 Å². The van der Waals surface area contributed by atoms with Crippen molar-refractivity contribution in [1.82, 2.24) is 9.71 Å². The molecule has 0 aliphatic heterocycles. The maximum atomic E-state index is 11.8. The third-order valence-electron chi connectivity index (χ3n) is 3.44. The number of carbonyl (C=O) groups is 1. The molecule has 1 aromatic carbocycles. The fourth-order valence-corrected chi connectivity index (χ4v) is 3.57. The minimum atomic E-state index is -3.89. The molecule has 1 heterocycles. The van der Waals surface area contributed by atoms with E-state index < -0.39 is 22.8 Å². The molecule has 0 radical (unpaired) electrons. The first kappa shape index (κ1) is 19.5. The summed E-state index contributed by atoms with van der Waals surface area (Å²) >= 11 is 1.39. The Morgan fingerprint density at radius 2 is 1.96 bits per heavy atom. The van der Waals surface area contributed by atoms with Crippen molar-refractivity contribution in [2.24, 2.45) is 0 Å². The molecule has 2 aromatic rings. The van der Waals surface area contributed by atoms with Gasteiger partial charge in [0.2, 0.25) is 0 Å². The highest BCUT2D eigenvalue weighted by molar-refractivity contribution is 7.84. The molecule has 0 aliphatic carbocycles. The fraction of sp³-hybridized carbons (Fsp3) is 0.375. The number of anilines is 1. The zero-order valence-corrected chi connectivity index (χ0v) is 16.0. The van der Waals surface area contributed by atoms with Crippen molar-refractivity contribution in [3.8, 4) is 0 Å². The number of aryl methyl sites for hydroxylation is 2. The summed E-state index contributed by atoms with van der Waals surface area (Å²) in [4.78, 5) is 17.3. The first-order valence-corrected chi connectivity index (χ1v) is 9.97. The molecule has 2 rings (SSSR count). The van der Waals surface area contributed by atoms with E-state index in [1.165, 1.54) is 29.5 Å². The molecule has 0 saturated carbocycles. The summed E-state index contributed by atoms with van der Waals surface area (Å²) in [5.74, 6) is -0.572. The predicted octanol–water partition coefficient (Wildman–Crippen LogP) is 2.02. The van der Waals surface area contributed by atoms with Gasteiger partial charge >= 0.3 is 10.3 Å². The molecule has 2 N–H and O–H groups in total. The van der Waals surface area contributed by atoms with Crippen molar-refractivity contribution in [3.05, 3.63) is 46.0 Å². The van der Waals surface area contributed by atoms with E-state index >= 15 is 0 Å². The first-order valence-electron chi connectivity index (χ1n) is 7.75. The maximum Gasteiger partial charge on any atom is 0.336 e. The molecule has 7 nitrogen and oxygen atoms in total. The first-order chi connectivity index (χ1) is 11.8. The van der Waals surface area contributed by atoms with Gasteiger partial charge in [0.05, 0.1) is 5.69 Å². The van der Waals surface area contributed by atoms with Crippen LogP contribution in [0.3, 0.4) is 0 Å². The third-order valence-corrected chi connectivity index (χ3v) is 5.38. The highest BCUT2D eigenvalue weighted by Crippen LogP contribution is 2.26. The Kier molecular flexibility index (Phi) is 6.65. The number of nitrogens with one attached hydrogen (secondary N) is 2. The summed E-state index contributed by atoms with van der Waals surface area (Å²) in [6, 6.07) is 8.26. The number of hydrogen-bond donors (Lipinski definition) is 2. The monoisotopic (exact) mass is 383 g/mol. The molecular weight excluding hydrogens is 362 g/mol. The number of hydrogen-bond acceptors (Lipinski definition) is 6. The van der Waals surface area contributed by atoms with Crippen LogP contribution < -0.4 is 10.0 Å². The molecule has 9 heteroatoms. The summed E-state index contributed by atoms with van der Waals surface area (Å²) in [6.45, 7) is 3.44. The van der Waals surface area contributed by atoms with Crippen LogP contribution in [0.5, 0.6) is 0 Å².